The summed E-state index contributed by atoms with van der Waals surface area (Å²) < 4.78 is 0. The molecular formula is C8H13ClN2S. The molecule has 1 atom stereocenters. The number of rotatable bonds is 4. The van der Waals surface area contributed by atoms with Crippen LogP contribution < -0.4 is 5.32 Å². The Morgan fingerprint density at radius 2 is 2.50 bits per heavy atom. The number of nitrogens with zero attached hydrogens (tertiary/aromatic N) is 1. The first-order valence-electron chi connectivity index (χ1n) is 4.07. The van der Waals surface area contributed by atoms with Gasteiger partial charge in [0.05, 0.1) is 0 Å². The molecule has 0 spiro atoms. The fraction of sp³-hybridized carbons (Fsp3) is 0.625. The number of thiazole rings is 1. The molecule has 0 bridgehead atoms. The molecule has 0 aliphatic carbocycles. The predicted molar refractivity (Wildman–Crippen MR) is 55.1 cm³/mol. The molecule has 0 saturated carbocycles. The summed E-state index contributed by atoms with van der Waals surface area (Å²) in [5, 5.41) is 6.57. The maximum absolute atomic E-state index is 5.67. The van der Waals surface area contributed by atoms with Crippen LogP contribution in [-0.4, -0.2) is 11.5 Å². The number of aromatic nitrogens is 1. The Morgan fingerprint density at radius 3 is 3.00 bits per heavy atom. The Kier molecular flexibility index (Phi) is 3.82. The predicted octanol–water partition coefficient (Wildman–Crippen LogP) is 3.25. The van der Waals surface area contributed by atoms with Gasteiger partial charge < -0.3 is 5.32 Å². The van der Waals surface area contributed by atoms with Gasteiger partial charge in [-0.3, -0.25) is 0 Å². The van der Waals surface area contributed by atoms with E-state index in [1.807, 2.05) is 5.38 Å². The highest BCUT2D eigenvalue weighted by Gasteiger charge is 2.01. The van der Waals surface area contributed by atoms with E-state index in [0.717, 1.165) is 11.7 Å². The molecule has 0 aliphatic heterocycles. The topological polar surface area (TPSA) is 24.9 Å². The lowest BCUT2D eigenvalue weighted by molar-refractivity contribution is 0.593. The van der Waals surface area contributed by atoms with E-state index < -0.39 is 0 Å². The normalized spacial score (nSPS) is 12.9. The van der Waals surface area contributed by atoms with E-state index in [4.69, 9.17) is 11.6 Å². The Labute approximate surface area is 82.0 Å². The van der Waals surface area contributed by atoms with Gasteiger partial charge in [-0.1, -0.05) is 31.9 Å². The van der Waals surface area contributed by atoms with E-state index in [1.165, 1.54) is 6.42 Å². The number of anilines is 1. The van der Waals surface area contributed by atoms with Crippen LogP contribution in [0, 0.1) is 5.92 Å². The summed E-state index contributed by atoms with van der Waals surface area (Å²) >= 11 is 7.22. The van der Waals surface area contributed by atoms with E-state index in [0.29, 0.717) is 11.1 Å². The molecule has 1 aromatic rings. The Morgan fingerprint density at radius 1 is 1.75 bits per heavy atom. The van der Waals surface area contributed by atoms with E-state index in [-0.39, 0.29) is 0 Å². The van der Waals surface area contributed by atoms with E-state index in [2.05, 4.69) is 24.1 Å². The summed E-state index contributed by atoms with van der Waals surface area (Å²) in [5.74, 6) is 0.688. The van der Waals surface area contributed by atoms with Crippen LogP contribution in [0.15, 0.2) is 5.38 Å². The van der Waals surface area contributed by atoms with Crippen molar-refractivity contribution >= 4 is 28.1 Å². The third kappa shape index (κ3) is 2.99. The summed E-state index contributed by atoms with van der Waals surface area (Å²) in [5.41, 5.74) is 0. The Hall–Kier alpha value is -0.280. The van der Waals surface area contributed by atoms with Crippen LogP contribution >= 0.6 is 22.9 Å². The second kappa shape index (κ2) is 4.67. The van der Waals surface area contributed by atoms with Gasteiger partial charge in [-0.05, 0) is 5.92 Å². The molecule has 0 aromatic carbocycles. The van der Waals surface area contributed by atoms with E-state index >= 15 is 0 Å². The quantitative estimate of drug-likeness (QED) is 0.815. The second-order valence-electron chi connectivity index (χ2n) is 2.87. The van der Waals surface area contributed by atoms with Gasteiger partial charge in [-0.15, -0.1) is 11.3 Å². The minimum Gasteiger partial charge on any atom is -0.361 e. The van der Waals surface area contributed by atoms with Gasteiger partial charge in [-0.25, -0.2) is 4.98 Å². The summed E-state index contributed by atoms with van der Waals surface area (Å²) in [6.07, 6.45) is 1.19. The Bertz CT molecular complexity index is 237. The van der Waals surface area contributed by atoms with Crippen molar-refractivity contribution in [1.29, 1.82) is 0 Å². The van der Waals surface area contributed by atoms with Crippen LogP contribution in [-0.2, 0) is 0 Å². The van der Waals surface area contributed by atoms with Crippen molar-refractivity contribution in [2.75, 3.05) is 11.9 Å². The fourth-order valence-corrected chi connectivity index (χ4v) is 1.59. The molecule has 1 N–H and O–H groups in total. The molecule has 12 heavy (non-hydrogen) atoms. The van der Waals surface area contributed by atoms with Crippen LogP contribution in [0.5, 0.6) is 0 Å². The van der Waals surface area contributed by atoms with Crippen molar-refractivity contribution in [1.82, 2.24) is 4.98 Å². The van der Waals surface area contributed by atoms with Gasteiger partial charge >= 0.3 is 0 Å². The molecule has 1 unspecified atom stereocenters. The van der Waals surface area contributed by atoms with Crippen molar-refractivity contribution < 1.29 is 0 Å². The lowest BCUT2D eigenvalue weighted by Gasteiger charge is -2.07. The first-order chi connectivity index (χ1) is 5.72. The zero-order chi connectivity index (χ0) is 8.97. The van der Waals surface area contributed by atoms with Gasteiger partial charge in [0.1, 0.15) is 5.15 Å². The molecular weight excluding hydrogens is 192 g/mol. The molecule has 1 heterocycles. The highest BCUT2D eigenvalue weighted by Crippen LogP contribution is 2.19. The van der Waals surface area contributed by atoms with Crippen molar-refractivity contribution in [3.05, 3.63) is 10.5 Å². The summed E-state index contributed by atoms with van der Waals surface area (Å²) in [6.45, 7) is 5.36. The average molecular weight is 205 g/mol. The molecule has 2 nitrogen and oxygen atoms in total. The molecule has 4 heteroatoms. The molecule has 0 radical (unpaired) electrons. The Balaban J connectivity index is 2.33. The highest BCUT2D eigenvalue weighted by molar-refractivity contribution is 7.14. The van der Waals surface area contributed by atoms with E-state index in [1.54, 1.807) is 11.3 Å². The molecule has 1 aromatic heterocycles. The van der Waals surface area contributed by atoms with Gasteiger partial charge in [0.2, 0.25) is 0 Å². The summed E-state index contributed by atoms with van der Waals surface area (Å²) in [4.78, 5) is 4.09. The number of hydrogen-bond donors (Lipinski definition) is 1. The van der Waals surface area contributed by atoms with Crippen molar-refractivity contribution in [2.45, 2.75) is 20.3 Å². The number of hydrogen-bond acceptors (Lipinski definition) is 3. The van der Waals surface area contributed by atoms with Crippen LogP contribution in [0.1, 0.15) is 20.3 Å². The largest absolute Gasteiger partial charge is 0.361 e. The molecule has 0 aliphatic rings. The number of nitrogens with one attached hydrogen (secondary N) is 1. The smallest absolute Gasteiger partial charge is 0.184 e. The van der Waals surface area contributed by atoms with Crippen molar-refractivity contribution in [3.8, 4) is 0 Å². The highest BCUT2D eigenvalue weighted by atomic mass is 35.5. The third-order valence-electron chi connectivity index (χ3n) is 1.77. The average Bonchev–Trinajstić information content (AvgIpc) is 2.47. The van der Waals surface area contributed by atoms with Gasteiger partial charge in [-0.2, -0.15) is 0 Å². The monoisotopic (exact) mass is 204 g/mol. The van der Waals surface area contributed by atoms with Gasteiger partial charge in [0.15, 0.2) is 5.13 Å². The minimum absolute atomic E-state index is 0.576. The fourth-order valence-electron chi connectivity index (χ4n) is 0.741. The third-order valence-corrected chi connectivity index (χ3v) is 2.90. The SMILES string of the molecule is CCC(C)CNc1nc(Cl)cs1. The summed E-state index contributed by atoms with van der Waals surface area (Å²) in [7, 11) is 0. The minimum atomic E-state index is 0.576. The lowest BCUT2D eigenvalue weighted by Crippen LogP contribution is -2.09. The zero-order valence-corrected chi connectivity index (χ0v) is 8.87. The maximum Gasteiger partial charge on any atom is 0.184 e. The lowest BCUT2D eigenvalue weighted by atomic mass is 10.1. The van der Waals surface area contributed by atoms with Crippen LogP contribution in [0.3, 0.4) is 0 Å². The van der Waals surface area contributed by atoms with Crippen molar-refractivity contribution in [3.63, 3.8) is 0 Å². The molecule has 0 saturated heterocycles. The first kappa shape index (κ1) is 9.81. The second-order valence-corrected chi connectivity index (χ2v) is 4.12. The van der Waals surface area contributed by atoms with Crippen LogP contribution in [0.2, 0.25) is 5.15 Å². The van der Waals surface area contributed by atoms with Crippen molar-refractivity contribution in [2.24, 2.45) is 5.92 Å². The zero-order valence-electron chi connectivity index (χ0n) is 7.30. The maximum atomic E-state index is 5.67. The van der Waals surface area contributed by atoms with Gasteiger partial charge in [0.25, 0.3) is 0 Å². The van der Waals surface area contributed by atoms with Crippen LogP contribution in [0.4, 0.5) is 5.13 Å². The first-order valence-corrected chi connectivity index (χ1v) is 5.33. The molecule has 0 amide bonds. The van der Waals surface area contributed by atoms with Crippen LogP contribution in [0.25, 0.3) is 0 Å². The molecule has 0 fully saturated rings. The van der Waals surface area contributed by atoms with E-state index in [9.17, 15) is 0 Å². The standard InChI is InChI=1S/C8H13ClN2S/c1-3-6(2)4-10-8-11-7(9)5-12-8/h5-6H,3-4H2,1-2H3,(H,10,11). The number of halogens is 1. The van der Waals surface area contributed by atoms with Gasteiger partial charge in [0, 0.05) is 11.9 Å². The summed E-state index contributed by atoms with van der Waals surface area (Å²) in [6, 6.07) is 0. The molecule has 68 valence electrons. The molecule has 1 rings (SSSR count).